The quantitative estimate of drug-likeness (QED) is 0.325. The van der Waals surface area contributed by atoms with Crippen molar-refractivity contribution in [3.8, 4) is 0 Å². The summed E-state index contributed by atoms with van der Waals surface area (Å²) in [6.45, 7) is 3.30. The summed E-state index contributed by atoms with van der Waals surface area (Å²) in [6, 6.07) is 0.177. The second-order valence-electron chi connectivity index (χ2n) is 3.81. The lowest BCUT2D eigenvalue weighted by molar-refractivity contribution is -0.651. The van der Waals surface area contributed by atoms with E-state index in [2.05, 4.69) is 0 Å². The first-order chi connectivity index (χ1) is 7.56. The Morgan fingerprint density at radius 1 is 1.75 bits per heavy atom. The summed E-state index contributed by atoms with van der Waals surface area (Å²) in [5, 5.41) is 19.2. The van der Waals surface area contributed by atoms with Gasteiger partial charge in [-0.25, -0.2) is 0 Å². The van der Waals surface area contributed by atoms with Crippen LogP contribution in [0.25, 0.3) is 0 Å². The largest absolute Gasteiger partial charge is 0.381 e. The molecule has 0 aliphatic carbocycles. The lowest BCUT2D eigenvalue weighted by Gasteiger charge is -2.26. The molecule has 7 heteroatoms. The fourth-order valence-corrected chi connectivity index (χ4v) is 1.91. The van der Waals surface area contributed by atoms with Crippen LogP contribution in [0.15, 0.2) is 10.9 Å². The Morgan fingerprint density at radius 2 is 2.44 bits per heavy atom. The molecule has 0 saturated carbocycles. The van der Waals surface area contributed by atoms with Crippen molar-refractivity contribution in [2.45, 2.75) is 19.4 Å². The zero-order valence-corrected chi connectivity index (χ0v) is 9.74. The van der Waals surface area contributed by atoms with E-state index in [1.165, 1.54) is 0 Å². The maximum Gasteiger partial charge on any atom is 0.359 e. The normalized spacial score (nSPS) is 27.1. The zero-order chi connectivity index (χ0) is 12.1. The Balaban J connectivity index is 2.71. The highest BCUT2D eigenvalue weighted by molar-refractivity contribution is 6.29. The lowest BCUT2D eigenvalue weighted by atomic mass is 9.98. The fourth-order valence-electron chi connectivity index (χ4n) is 1.63. The number of hydrogen-bond acceptors (Lipinski definition) is 4. The van der Waals surface area contributed by atoms with Crippen molar-refractivity contribution in [3.05, 3.63) is 21.0 Å². The predicted octanol–water partition coefficient (Wildman–Crippen LogP) is 0.309. The predicted molar refractivity (Wildman–Crippen MR) is 59.0 cm³/mol. The summed E-state index contributed by atoms with van der Waals surface area (Å²) in [4.78, 5) is 9.92. The van der Waals surface area contributed by atoms with Gasteiger partial charge in [0.15, 0.2) is 0 Å². The molecule has 90 valence electrons. The molecular formula is C9H15ClN3O3+. The number of nitrogens with one attached hydrogen (secondary N) is 1. The van der Waals surface area contributed by atoms with Crippen LogP contribution in [-0.2, 0) is 4.74 Å². The molecule has 0 radical (unpaired) electrons. The first kappa shape index (κ1) is 13.1. The second-order valence-corrected chi connectivity index (χ2v) is 4.21. The topological polar surface area (TPSA) is 92.8 Å². The summed E-state index contributed by atoms with van der Waals surface area (Å²) < 4.78 is 5.27. The molecule has 1 heterocycles. The van der Waals surface area contributed by atoms with Gasteiger partial charge in [-0.05, 0) is 11.6 Å². The molecule has 0 aromatic carbocycles. The number of hydrogen-bond donors (Lipinski definition) is 2. The number of nitrogens with zero attached hydrogens (tertiary/aromatic N) is 1. The molecule has 3 N–H and O–H groups in total. The van der Waals surface area contributed by atoms with Gasteiger partial charge in [0.25, 0.3) is 5.16 Å². The molecule has 2 unspecified atom stereocenters. The monoisotopic (exact) mass is 248 g/mol. The Hall–Kier alpha value is -0.980. The van der Waals surface area contributed by atoms with E-state index < -0.39 is 4.92 Å². The molecule has 1 saturated heterocycles. The Kier molecular flexibility index (Phi) is 4.85. The van der Waals surface area contributed by atoms with Crippen LogP contribution in [0.3, 0.4) is 0 Å². The molecule has 0 bridgehead atoms. The smallest absolute Gasteiger partial charge is 0.359 e. The van der Waals surface area contributed by atoms with Crippen molar-refractivity contribution in [1.29, 1.82) is 5.41 Å². The van der Waals surface area contributed by atoms with Gasteiger partial charge in [0.2, 0.25) is 0 Å². The highest BCUT2D eigenvalue weighted by Crippen LogP contribution is 2.12. The molecule has 16 heavy (non-hydrogen) atoms. The third-order valence-electron chi connectivity index (χ3n) is 2.65. The van der Waals surface area contributed by atoms with Gasteiger partial charge in [-0.3, -0.25) is 15.4 Å². The van der Waals surface area contributed by atoms with Crippen LogP contribution in [0.2, 0.25) is 0 Å². The van der Waals surface area contributed by atoms with Gasteiger partial charge in [-0.15, -0.1) is 0 Å². The van der Waals surface area contributed by atoms with Crippen molar-refractivity contribution in [3.63, 3.8) is 0 Å². The zero-order valence-electron chi connectivity index (χ0n) is 8.98. The average molecular weight is 249 g/mol. The van der Waals surface area contributed by atoms with Gasteiger partial charge in [-0.1, -0.05) is 6.92 Å². The molecule has 0 spiro atoms. The van der Waals surface area contributed by atoms with E-state index in [-0.39, 0.29) is 16.9 Å². The van der Waals surface area contributed by atoms with Gasteiger partial charge in [0.1, 0.15) is 6.21 Å². The molecule has 1 aliphatic rings. The minimum atomic E-state index is -0.643. The summed E-state index contributed by atoms with van der Waals surface area (Å²) in [7, 11) is 0. The van der Waals surface area contributed by atoms with Crippen LogP contribution in [0.1, 0.15) is 13.3 Å². The van der Waals surface area contributed by atoms with Crippen molar-refractivity contribution >= 4 is 17.8 Å². The number of allylic oxidation sites excluding steroid dienone is 1. The number of ether oxygens (including phenoxy) is 1. The maximum atomic E-state index is 10.6. The van der Waals surface area contributed by atoms with E-state index in [1.54, 1.807) is 5.32 Å². The summed E-state index contributed by atoms with van der Waals surface area (Å²) in [5.74, 6) is 0.293. The minimum absolute atomic E-state index is 0.0405. The van der Waals surface area contributed by atoms with E-state index >= 15 is 0 Å². The maximum absolute atomic E-state index is 10.6. The second kappa shape index (κ2) is 5.93. The van der Waals surface area contributed by atoms with Crippen LogP contribution in [0.4, 0.5) is 0 Å². The highest BCUT2D eigenvalue weighted by Gasteiger charge is 2.29. The van der Waals surface area contributed by atoms with Gasteiger partial charge in [-0.2, -0.15) is 0 Å². The molecule has 1 aliphatic heterocycles. The Bertz CT molecular complexity index is 319. The third-order valence-corrected chi connectivity index (χ3v) is 2.97. The molecule has 0 aromatic rings. The Labute approximate surface area is 98.3 Å². The molecule has 1 rings (SSSR count). The van der Waals surface area contributed by atoms with E-state index in [1.807, 2.05) is 6.92 Å². The molecule has 6 nitrogen and oxygen atoms in total. The van der Waals surface area contributed by atoms with Gasteiger partial charge in [0.05, 0.1) is 24.2 Å². The SMILES string of the molecule is CC1COCCC1[NH2+]C(Cl)=C(C=N)[N+](=O)[O-]. The number of nitrogens with two attached hydrogens (primary N) is 1. The van der Waals surface area contributed by atoms with Crippen molar-refractivity contribution in [2.75, 3.05) is 13.2 Å². The van der Waals surface area contributed by atoms with Crippen molar-refractivity contribution in [2.24, 2.45) is 5.92 Å². The van der Waals surface area contributed by atoms with E-state index in [0.29, 0.717) is 25.3 Å². The Morgan fingerprint density at radius 3 is 2.94 bits per heavy atom. The lowest BCUT2D eigenvalue weighted by Crippen LogP contribution is -2.89. The van der Waals surface area contributed by atoms with Gasteiger partial charge in [0, 0.05) is 12.3 Å². The van der Waals surface area contributed by atoms with E-state index in [4.69, 9.17) is 21.7 Å². The number of nitro groups is 1. The highest BCUT2D eigenvalue weighted by atomic mass is 35.5. The first-order valence-corrected chi connectivity index (χ1v) is 5.41. The molecule has 0 amide bonds. The number of rotatable bonds is 4. The fraction of sp³-hybridized carbons (Fsp3) is 0.667. The van der Waals surface area contributed by atoms with E-state index in [9.17, 15) is 10.1 Å². The molecule has 1 fully saturated rings. The molecular weight excluding hydrogens is 234 g/mol. The first-order valence-electron chi connectivity index (χ1n) is 5.03. The third kappa shape index (κ3) is 3.26. The van der Waals surface area contributed by atoms with Crippen molar-refractivity contribution in [1.82, 2.24) is 0 Å². The van der Waals surface area contributed by atoms with Crippen LogP contribution >= 0.6 is 11.6 Å². The number of quaternary nitrogens is 1. The summed E-state index contributed by atoms with van der Waals surface area (Å²) >= 11 is 5.83. The van der Waals surface area contributed by atoms with Gasteiger partial charge < -0.3 is 10.1 Å². The van der Waals surface area contributed by atoms with Crippen LogP contribution in [0.5, 0.6) is 0 Å². The molecule has 0 aromatic heterocycles. The van der Waals surface area contributed by atoms with Gasteiger partial charge >= 0.3 is 5.70 Å². The van der Waals surface area contributed by atoms with Crippen LogP contribution in [-0.4, -0.2) is 30.4 Å². The molecule has 2 atom stereocenters. The summed E-state index contributed by atoms with van der Waals surface area (Å²) in [5.41, 5.74) is -0.361. The minimum Gasteiger partial charge on any atom is -0.381 e. The number of halogens is 1. The average Bonchev–Trinajstić information content (AvgIpc) is 2.22. The van der Waals surface area contributed by atoms with Crippen LogP contribution in [0, 0.1) is 21.4 Å². The standard InChI is InChI=1S/C9H14ClN3O3/c1-6-5-16-3-2-7(6)12-9(10)8(4-11)13(14)15/h4,6-7,11-12H,2-3,5H2,1H3/p+1. The van der Waals surface area contributed by atoms with Crippen LogP contribution < -0.4 is 5.32 Å². The van der Waals surface area contributed by atoms with E-state index in [0.717, 1.165) is 6.42 Å². The summed E-state index contributed by atoms with van der Waals surface area (Å²) in [6.07, 6.45) is 1.48. The van der Waals surface area contributed by atoms with Crippen molar-refractivity contribution < 1.29 is 15.0 Å².